The molecule has 29 heteroatoms. The first kappa shape index (κ1) is 68.9. The average molecular weight is 1220 g/mol. The number of aliphatic imine (C=N–C) groups is 1. The van der Waals surface area contributed by atoms with E-state index in [1.54, 1.807) is 13.1 Å². The summed E-state index contributed by atoms with van der Waals surface area (Å²) in [5, 5.41) is 55.4. The number of likely N-dealkylation sites (tertiary alicyclic amines) is 1. The van der Waals surface area contributed by atoms with Crippen LogP contribution in [0.15, 0.2) is 59.7 Å². The van der Waals surface area contributed by atoms with E-state index in [4.69, 9.17) is 17.2 Å². The van der Waals surface area contributed by atoms with Gasteiger partial charge in [-0.05, 0) is 67.9 Å². The number of rotatable bonds is 32. The number of aliphatic hydroxyl groups excluding tert-OH is 2. The Morgan fingerprint density at radius 1 is 0.724 bits per heavy atom. The van der Waals surface area contributed by atoms with Crippen LogP contribution < -0.4 is 65.1 Å². The number of carbonyl (C=O) groups is 11. The largest absolute Gasteiger partial charge is 0.508 e. The van der Waals surface area contributed by atoms with Gasteiger partial charge in [0, 0.05) is 63.4 Å². The summed E-state index contributed by atoms with van der Waals surface area (Å²) in [5.74, 6) is -9.55. The number of hydrogen-bond donors (Lipinski definition) is 16. The number of aromatic amines is 1. The number of aliphatic hydroxyl groups is 2. The number of amides is 11. The number of phenols is 1. The zero-order valence-corrected chi connectivity index (χ0v) is 49.5. The number of H-pyrrole nitrogens is 1. The van der Waals surface area contributed by atoms with Gasteiger partial charge in [0.1, 0.15) is 54.1 Å². The van der Waals surface area contributed by atoms with E-state index in [9.17, 15) is 68.1 Å². The van der Waals surface area contributed by atoms with Gasteiger partial charge in [0.05, 0.1) is 25.2 Å². The number of β-amino-alcohol motifs (C(OH)–C–C–N with tert-alkyl or cyclic N) is 1. The van der Waals surface area contributed by atoms with E-state index in [2.05, 4.69) is 57.8 Å². The van der Waals surface area contributed by atoms with Gasteiger partial charge < -0.3 is 90.3 Å². The van der Waals surface area contributed by atoms with E-state index in [1.165, 1.54) is 38.2 Å². The molecule has 2 heterocycles. The molecule has 19 N–H and O–H groups in total. The third-order valence-corrected chi connectivity index (χ3v) is 15.2. The summed E-state index contributed by atoms with van der Waals surface area (Å²) in [4.78, 5) is 157. The Morgan fingerprint density at radius 2 is 1.37 bits per heavy atom. The van der Waals surface area contributed by atoms with Crippen LogP contribution in [0.25, 0.3) is 10.9 Å². The Kier molecular flexibility index (Phi) is 26.7. The maximum Gasteiger partial charge on any atom is 0.246 e. The summed E-state index contributed by atoms with van der Waals surface area (Å²) in [5.41, 5.74) is 19.1. The molecule has 476 valence electrons. The number of nitrogens with one attached hydrogen (secondary N) is 10. The van der Waals surface area contributed by atoms with Gasteiger partial charge in [-0.2, -0.15) is 0 Å². The molecule has 0 spiro atoms. The third-order valence-electron chi connectivity index (χ3n) is 15.2. The number of guanidine groups is 1. The highest BCUT2D eigenvalue weighted by Crippen LogP contribution is 2.28. The summed E-state index contributed by atoms with van der Waals surface area (Å²) < 4.78 is 0. The number of fused-ring (bicyclic) bond motifs is 1. The highest BCUT2D eigenvalue weighted by Gasteiger charge is 2.43. The molecule has 29 nitrogen and oxygen atoms in total. The van der Waals surface area contributed by atoms with Gasteiger partial charge in [-0.1, -0.05) is 75.8 Å². The molecule has 2 aromatic carbocycles. The van der Waals surface area contributed by atoms with Crippen molar-refractivity contribution in [2.75, 3.05) is 26.7 Å². The normalized spacial score (nSPS) is 18.0. The number of benzene rings is 2. The number of phenolic OH excluding ortho intramolecular Hbond substituents is 1. The van der Waals surface area contributed by atoms with Gasteiger partial charge in [-0.25, -0.2) is 0 Å². The number of aromatic nitrogens is 1. The SMILES string of the molecule is CCC[C@H](NC(=O)CNC(=O)[C@H](CC1CCCCC1)NC(=O)[C@@H](NC(=O)[C@H](CC(N)=O)NC(=O)[C@@H]1C[C@@H](O)CN1C(=O)[C@@H](Cc1ccc(O)cc1)NC(C)=O)[C@@H](C)O)C(=O)N[C@@H](CCCNC(N)=NC)C(=O)N[C@@H](Cc1c[nH]c2ccccc12)C(N)=O. The number of aromatic hydroxyl groups is 1. The Bertz CT molecular complexity index is 2930. The van der Waals surface area contributed by atoms with Crippen LogP contribution in [0.5, 0.6) is 5.75 Å². The highest BCUT2D eigenvalue weighted by atomic mass is 16.3. The minimum Gasteiger partial charge on any atom is -0.508 e. The minimum atomic E-state index is -1.82. The average Bonchev–Trinajstić information content (AvgIpc) is 2.73. The van der Waals surface area contributed by atoms with Crippen molar-refractivity contribution < 1.29 is 68.1 Å². The van der Waals surface area contributed by atoms with Crippen molar-refractivity contribution in [1.29, 1.82) is 0 Å². The van der Waals surface area contributed by atoms with Crippen molar-refractivity contribution in [1.82, 2.24) is 57.7 Å². The number of nitrogens with zero attached hydrogens (tertiary/aromatic N) is 2. The highest BCUT2D eigenvalue weighted by molar-refractivity contribution is 5.99. The molecule has 3 aromatic rings. The Balaban J connectivity index is 1.25. The molecule has 11 amide bonds. The first-order valence-electron chi connectivity index (χ1n) is 29.3. The van der Waals surface area contributed by atoms with Crippen LogP contribution in [0.3, 0.4) is 0 Å². The molecule has 1 saturated carbocycles. The zero-order valence-electron chi connectivity index (χ0n) is 49.5. The van der Waals surface area contributed by atoms with Crippen LogP contribution >= 0.6 is 0 Å². The van der Waals surface area contributed by atoms with Gasteiger partial charge in [0.15, 0.2) is 5.96 Å². The molecule has 10 atom stereocenters. The predicted octanol–water partition coefficient (Wildman–Crippen LogP) is -3.02. The topological polar surface area (TPSA) is 466 Å². The molecular formula is C58H85N15O14. The van der Waals surface area contributed by atoms with Crippen LogP contribution in [-0.2, 0) is 65.6 Å². The fourth-order valence-corrected chi connectivity index (χ4v) is 10.7. The molecule has 2 aliphatic rings. The summed E-state index contributed by atoms with van der Waals surface area (Å²) in [6.45, 7) is 3.33. The smallest absolute Gasteiger partial charge is 0.246 e. The van der Waals surface area contributed by atoms with E-state index < -0.39 is 138 Å². The molecule has 87 heavy (non-hydrogen) atoms. The van der Waals surface area contributed by atoms with Crippen molar-refractivity contribution in [2.24, 2.45) is 28.1 Å². The van der Waals surface area contributed by atoms with E-state index in [0.29, 0.717) is 30.4 Å². The second-order valence-electron chi connectivity index (χ2n) is 22.2. The van der Waals surface area contributed by atoms with Crippen molar-refractivity contribution in [3.05, 3.63) is 65.9 Å². The fraction of sp³-hybridized carbons (Fsp3) is 0.552. The standard InChI is InChI=1S/C58H85N15O14/c1-5-12-40(52(82)68-41(17-11-22-63-58(61)62-4)53(83)69-42(50(60)80)25-35-28-64-39-16-10-9-15-38(35)39)67-48(79)29-65-51(81)43(23-33-13-7-6-8-14-33)71-56(86)49(31(2)74)72-54(84)44(27-47(59)78)70-55(85)46-26-37(77)30-73(46)57(87)45(66-32(3)75)24-34-18-20-36(76)21-19-34/h9-10,15-16,18-21,28,31,33,37,40-46,49,64,74,76-77H,5-8,11-14,17,22-27,29-30H2,1-4H3,(H2,59,78)(H2,60,80)(H,65,81)(H,66,75)(H,67,79)(H,68,82)(H,69,83)(H,70,85)(H,71,86)(H,72,84)(H3,61,62,63)/t31-,37-,40+,41+,42+,43+,44+,45-,46+,49+/m1/s1. The first-order valence-corrected chi connectivity index (χ1v) is 29.3. The molecule has 5 rings (SSSR count). The van der Waals surface area contributed by atoms with E-state index >= 15 is 0 Å². The molecule has 0 bridgehead atoms. The lowest BCUT2D eigenvalue weighted by molar-refractivity contribution is -0.142. The van der Waals surface area contributed by atoms with Crippen LogP contribution in [0.2, 0.25) is 0 Å². The monoisotopic (exact) mass is 1220 g/mol. The van der Waals surface area contributed by atoms with E-state index in [0.717, 1.165) is 42.0 Å². The van der Waals surface area contributed by atoms with Gasteiger partial charge in [0.25, 0.3) is 0 Å². The molecule has 2 fully saturated rings. The van der Waals surface area contributed by atoms with Crippen molar-refractivity contribution in [2.45, 2.75) is 171 Å². The van der Waals surface area contributed by atoms with Crippen LogP contribution in [0, 0.1) is 5.92 Å². The van der Waals surface area contributed by atoms with Crippen molar-refractivity contribution >= 4 is 81.8 Å². The second-order valence-corrected chi connectivity index (χ2v) is 22.2. The van der Waals surface area contributed by atoms with Gasteiger partial charge >= 0.3 is 0 Å². The van der Waals surface area contributed by atoms with Gasteiger partial charge in [0.2, 0.25) is 65.0 Å². The lowest BCUT2D eigenvalue weighted by atomic mass is 9.84. The van der Waals surface area contributed by atoms with E-state index in [1.807, 2.05) is 24.3 Å². The second kappa shape index (κ2) is 33.7. The maximum absolute atomic E-state index is 14.1. The quantitative estimate of drug-likeness (QED) is 0.0168. The number of primary amides is 2. The summed E-state index contributed by atoms with van der Waals surface area (Å²) >= 11 is 0. The molecule has 0 unspecified atom stereocenters. The van der Waals surface area contributed by atoms with Crippen LogP contribution in [0.1, 0.15) is 109 Å². The van der Waals surface area contributed by atoms with Gasteiger partial charge in [-0.3, -0.25) is 57.7 Å². The molecule has 1 aliphatic carbocycles. The Hall–Kier alpha value is -8.86. The van der Waals surface area contributed by atoms with Crippen molar-refractivity contribution in [3.8, 4) is 5.75 Å². The van der Waals surface area contributed by atoms with Gasteiger partial charge in [-0.15, -0.1) is 0 Å². The first-order chi connectivity index (χ1) is 41.4. The van der Waals surface area contributed by atoms with Crippen LogP contribution in [-0.4, -0.2) is 183 Å². The predicted molar refractivity (Wildman–Crippen MR) is 318 cm³/mol. The lowest BCUT2D eigenvalue weighted by Gasteiger charge is -2.30. The third kappa shape index (κ3) is 21.6. The molecule has 1 saturated heterocycles. The van der Waals surface area contributed by atoms with E-state index in [-0.39, 0.29) is 75.7 Å². The summed E-state index contributed by atoms with van der Waals surface area (Å²) in [7, 11) is 1.49. The number of carbonyl (C=O) groups excluding carboxylic acids is 11. The molecular weight excluding hydrogens is 1130 g/mol. The lowest BCUT2D eigenvalue weighted by Crippen LogP contribution is -2.61. The Labute approximate surface area is 503 Å². The summed E-state index contributed by atoms with van der Waals surface area (Å²) in [6, 6.07) is 1.95. The number of hydrogen-bond acceptors (Lipinski definition) is 15. The summed E-state index contributed by atoms with van der Waals surface area (Å²) in [6.07, 6.45) is 2.60. The fourth-order valence-electron chi connectivity index (χ4n) is 10.7. The number of nitrogens with two attached hydrogens (primary N) is 3. The maximum atomic E-state index is 14.1. The zero-order chi connectivity index (χ0) is 63.9. The van der Waals surface area contributed by atoms with Crippen molar-refractivity contribution in [3.63, 3.8) is 0 Å². The molecule has 1 aromatic heterocycles. The Morgan fingerprint density at radius 3 is 2.00 bits per heavy atom. The minimum absolute atomic E-state index is 0.0382. The number of para-hydroxylation sites is 1. The molecule has 1 aliphatic heterocycles. The van der Waals surface area contributed by atoms with Crippen LogP contribution in [0.4, 0.5) is 0 Å². The molecule has 0 radical (unpaired) electrons.